The van der Waals surface area contributed by atoms with Gasteiger partial charge in [0.05, 0.1) is 12.8 Å². The predicted octanol–water partition coefficient (Wildman–Crippen LogP) is 0.309. The van der Waals surface area contributed by atoms with Crippen LogP contribution in [0.15, 0.2) is 0 Å². The fourth-order valence-electron chi connectivity index (χ4n) is 1.58. The highest BCUT2D eigenvalue weighted by atomic mass is 33.1. The average molecular weight is 406 g/mol. The van der Waals surface area contributed by atoms with E-state index >= 15 is 0 Å². The molecular formula is C14H18N2O8S2. The van der Waals surface area contributed by atoms with Crippen LogP contribution in [-0.4, -0.2) is 52.5 Å². The smallest absolute Gasteiger partial charge is 0.334 e. The minimum absolute atomic E-state index is 0.00592. The Bertz CT molecular complexity index is 553. The number of aldehydes is 1. The van der Waals surface area contributed by atoms with Gasteiger partial charge in [-0.1, -0.05) is 21.6 Å². The van der Waals surface area contributed by atoms with E-state index in [-0.39, 0.29) is 38.5 Å². The summed E-state index contributed by atoms with van der Waals surface area (Å²) in [5, 5.41) is 0.500. The van der Waals surface area contributed by atoms with E-state index in [1.807, 2.05) is 5.48 Å². The van der Waals surface area contributed by atoms with E-state index in [1.165, 1.54) is 21.6 Å². The Hall–Kier alpha value is -2.08. The molecule has 0 aliphatic carbocycles. The third kappa shape index (κ3) is 8.85. The molecule has 0 bridgehead atoms. The van der Waals surface area contributed by atoms with Gasteiger partial charge in [-0.15, -0.1) is 5.06 Å². The Balaban J connectivity index is 2.01. The van der Waals surface area contributed by atoms with Gasteiger partial charge in [0, 0.05) is 37.2 Å². The van der Waals surface area contributed by atoms with E-state index in [0.717, 1.165) is 0 Å². The molecule has 0 unspecified atom stereocenters. The number of imide groups is 1. The van der Waals surface area contributed by atoms with Crippen molar-refractivity contribution in [3.63, 3.8) is 0 Å². The number of hydroxylamine groups is 3. The number of carbonyl (C=O) groups excluding carboxylic acids is 6. The lowest BCUT2D eigenvalue weighted by atomic mass is 10.3. The van der Waals surface area contributed by atoms with Gasteiger partial charge in [-0.05, 0) is 0 Å². The van der Waals surface area contributed by atoms with Gasteiger partial charge in [-0.3, -0.25) is 14.4 Å². The largest absolute Gasteiger partial charge is 0.341 e. The lowest BCUT2D eigenvalue weighted by Crippen LogP contribution is -2.32. The maximum atomic E-state index is 11.5. The van der Waals surface area contributed by atoms with Crippen molar-refractivity contribution < 1.29 is 38.4 Å². The molecule has 1 fully saturated rings. The topological polar surface area (TPSA) is 136 Å². The molecule has 1 heterocycles. The number of nitrogens with zero attached hydrogens (tertiary/aromatic N) is 1. The Morgan fingerprint density at radius 3 is 2.15 bits per heavy atom. The van der Waals surface area contributed by atoms with Crippen molar-refractivity contribution in [1.29, 1.82) is 0 Å². The summed E-state index contributed by atoms with van der Waals surface area (Å²) in [6.45, 7) is 0. The molecule has 3 amide bonds. The molecule has 12 heteroatoms. The summed E-state index contributed by atoms with van der Waals surface area (Å²) >= 11 is 0. The highest BCUT2D eigenvalue weighted by Gasteiger charge is 2.32. The van der Waals surface area contributed by atoms with Crippen LogP contribution in [0.2, 0.25) is 0 Å². The molecule has 0 saturated carbocycles. The Morgan fingerprint density at radius 2 is 1.58 bits per heavy atom. The molecule has 1 aliphatic rings. The third-order valence-electron chi connectivity index (χ3n) is 2.83. The first-order valence-electron chi connectivity index (χ1n) is 7.67. The SMILES string of the molecule is O=CCCC(=O)NOC(=O)CCSSCCC(=O)ON1C(=O)CCC1=O. The fourth-order valence-corrected chi connectivity index (χ4v) is 3.52. The average Bonchev–Trinajstić information content (AvgIpc) is 2.93. The number of nitrogens with one attached hydrogen (secondary N) is 1. The van der Waals surface area contributed by atoms with Crippen LogP contribution in [0.3, 0.4) is 0 Å². The zero-order chi connectivity index (χ0) is 19.4. The maximum Gasteiger partial charge on any atom is 0.334 e. The molecule has 0 radical (unpaired) electrons. The van der Waals surface area contributed by atoms with Crippen LogP contribution in [0, 0.1) is 0 Å². The summed E-state index contributed by atoms with van der Waals surface area (Å²) < 4.78 is 0. The molecule has 1 aliphatic heterocycles. The summed E-state index contributed by atoms with van der Waals surface area (Å²) in [5.41, 5.74) is 1.94. The van der Waals surface area contributed by atoms with Crippen LogP contribution in [-0.2, 0) is 38.4 Å². The third-order valence-corrected chi connectivity index (χ3v) is 5.24. The van der Waals surface area contributed by atoms with Gasteiger partial charge in [-0.25, -0.2) is 9.59 Å². The monoisotopic (exact) mass is 406 g/mol. The molecule has 26 heavy (non-hydrogen) atoms. The van der Waals surface area contributed by atoms with Gasteiger partial charge in [-0.2, -0.15) is 5.48 Å². The van der Waals surface area contributed by atoms with Crippen molar-refractivity contribution in [1.82, 2.24) is 10.5 Å². The normalized spacial score (nSPS) is 13.5. The molecule has 0 spiro atoms. The second-order valence-electron chi connectivity index (χ2n) is 4.89. The standard InChI is InChI=1S/C14H18N2O8S2/c17-7-1-2-10(18)15-23-13(21)5-8-25-26-9-6-14(22)24-16-11(19)3-4-12(16)20/h7H,1-6,8-9H2,(H,15,18). The molecule has 1 saturated heterocycles. The van der Waals surface area contributed by atoms with Crippen LogP contribution in [0.1, 0.15) is 38.5 Å². The van der Waals surface area contributed by atoms with Crippen molar-refractivity contribution in [3.05, 3.63) is 0 Å². The minimum atomic E-state index is -0.681. The van der Waals surface area contributed by atoms with E-state index in [9.17, 15) is 28.8 Å². The molecule has 0 atom stereocenters. The summed E-state index contributed by atoms with van der Waals surface area (Å²) in [5.74, 6) is -2.14. The Labute approximate surface area is 157 Å². The van der Waals surface area contributed by atoms with Crippen molar-refractivity contribution in [3.8, 4) is 0 Å². The first-order valence-corrected chi connectivity index (χ1v) is 10.2. The van der Waals surface area contributed by atoms with E-state index in [2.05, 4.69) is 4.84 Å². The van der Waals surface area contributed by atoms with Crippen LogP contribution in [0.25, 0.3) is 0 Å². The summed E-state index contributed by atoms with van der Waals surface area (Å²) in [4.78, 5) is 75.8. The first-order chi connectivity index (χ1) is 12.4. The molecule has 0 aromatic carbocycles. The molecule has 0 aromatic heterocycles. The quantitative estimate of drug-likeness (QED) is 0.168. The van der Waals surface area contributed by atoms with Crippen LogP contribution in [0.4, 0.5) is 0 Å². The summed E-state index contributed by atoms with van der Waals surface area (Å²) in [6, 6.07) is 0. The molecule has 10 nitrogen and oxygen atoms in total. The van der Waals surface area contributed by atoms with Gasteiger partial charge in [0.15, 0.2) is 0 Å². The highest BCUT2D eigenvalue weighted by molar-refractivity contribution is 8.76. The van der Waals surface area contributed by atoms with Crippen LogP contribution < -0.4 is 5.48 Å². The van der Waals surface area contributed by atoms with Gasteiger partial charge in [0.1, 0.15) is 6.29 Å². The molecule has 1 rings (SSSR count). The van der Waals surface area contributed by atoms with E-state index < -0.39 is 29.7 Å². The van der Waals surface area contributed by atoms with Crippen molar-refractivity contribution >= 4 is 57.5 Å². The molecule has 0 aromatic rings. The molecular weight excluding hydrogens is 388 g/mol. The van der Waals surface area contributed by atoms with Gasteiger partial charge in [0.25, 0.3) is 17.7 Å². The van der Waals surface area contributed by atoms with Crippen molar-refractivity contribution in [2.75, 3.05) is 11.5 Å². The Morgan fingerprint density at radius 1 is 1.00 bits per heavy atom. The lowest BCUT2D eigenvalue weighted by Gasteiger charge is -2.12. The zero-order valence-corrected chi connectivity index (χ0v) is 15.4. The van der Waals surface area contributed by atoms with E-state index in [0.29, 0.717) is 22.9 Å². The maximum absolute atomic E-state index is 11.5. The van der Waals surface area contributed by atoms with Gasteiger partial charge < -0.3 is 14.5 Å². The second kappa shape index (κ2) is 12.3. The van der Waals surface area contributed by atoms with Crippen molar-refractivity contribution in [2.45, 2.75) is 38.5 Å². The van der Waals surface area contributed by atoms with Crippen LogP contribution in [0.5, 0.6) is 0 Å². The number of hydrogen-bond donors (Lipinski definition) is 1. The van der Waals surface area contributed by atoms with Gasteiger partial charge in [0.2, 0.25) is 0 Å². The summed E-state index contributed by atoms with van der Waals surface area (Å²) in [7, 11) is 2.63. The summed E-state index contributed by atoms with van der Waals surface area (Å²) in [6.07, 6.45) is 0.740. The second-order valence-corrected chi connectivity index (χ2v) is 7.60. The number of hydrogen-bond acceptors (Lipinski definition) is 10. The lowest BCUT2D eigenvalue weighted by molar-refractivity contribution is -0.197. The number of rotatable bonds is 11. The minimum Gasteiger partial charge on any atom is -0.341 e. The number of carbonyl (C=O) groups is 6. The predicted molar refractivity (Wildman–Crippen MR) is 90.9 cm³/mol. The zero-order valence-electron chi connectivity index (χ0n) is 13.8. The van der Waals surface area contributed by atoms with E-state index in [1.54, 1.807) is 0 Å². The van der Waals surface area contributed by atoms with Crippen LogP contribution >= 0.6 is 21.6 Å². The first kappa shape index (κ1) is 22.0. The molecule has 144 valence electrons. The highest BCUT2D eigenvalue weighted by Crippen LogP contribution is 2.23. The van der Waals surface area contributed by atoms with Gasteiger partial charge >= 0.3 is 11.9 Å². The van der Waals surface area contributed by atoms with Crippen molar-refractivity contribution in [2.24, 2.45) is 0 Å². The number of amides is 3. The molecule has 1 N–H and O–H groups in total. The Kier molecular flexibility index (Phi) is 10.4. The fraction of sp³-hybridized carbons (Fsp3) is 0.571. The van der Waals surface area contributed by atoms with E-state index in [4.69, 9.17) is 4.84 Å².